The molecule has 0 aliphatic carbocycles. The minimum absolute atomic E-state index is 0.0457. The first-order valence-electron chi connectivity index (χ1n) is 12.1. The summed E-state index contributed by atoms with van der Waals surface area (Å²) in [6, 6.07) is 21.9. The number of benzene rings is 3. The molecule has 36 heavy (non-hydrogen) atoms. The van der Waals surface area contributed by atoms with Crippen LogP contribution in [-0.4, -0.2) is 47.6 Å². The van der Waals surface area contributed by atoms with E-state index in [1.807, 2.05) is 36.4 Å². The molecule has 3 N–H and O–H groups in total. The van der Waals surface area contributed by atoms with Crippen LogP contribution in [-0.2, 0) is 11.3 Å². The van der Waals surface area contributed by atoms with Crippen LogP contribution in [0.5, 0.6) is 11.5 Å². The van der Waals surface area contributed by atoms with E-state index in [4.69, 9.17) is 21.4 Å². The predicted octanol–water partition coefficient (Wildman–Crippen LogP) is 5.41. The number of halogens is 1. The Hall–Kier alpha value is -3.39. The summed E-state index contributed by atoms with van der Waals surface area (Å²) in [6.45, 7) is 3.23. The maximum atomic E-state index is 12.4. The maximum absolute atomic E-state index is 12.4. The number of nitrogens with zero attached hydrogens (tertiary/aromatic N) is 1. The molecule has 1 atom stereocenters. The minimum Gasteiger partial charge on any atom is -0.478 e. The summed E-state index contributed by atoms with van der Waals surface area (Å²) in [5.41, 5.74) is 2.13. The number of amides is 1. The first-order chi connectivity index (χ1) is 17.5. The van der Waals surface area contributed by atoms with Gasteiger partial charge in [0, 0.05) is 42.8 Å². The minimum atomic E-state index is -0.908. The van der Waals surface area contributed by atoms with Gasteiger partial charge in [0.05, 0.1) is 5.56 Å². The van der Waals surface area contributed by atoms with Crippen molar-refractivity contribution in [3.05, 3.63) is 88.9 Å². The second kappa shape index (κ2) is 12.5. The van der Waals surface area contributed by atoms with Crippen molar-refractivity contribution in [1.29, 1.82) is 0 Å². The van der Waals surface area contributed by atoms with E-state index in [1.54, 1.807) is 36.4 Å². The van der Waals surface area contributed by atoms with Crippen molar-refractivity contribution >= 4 is 29.2 Å². The van der Waals surface area contributed by atoms with Gasteiger partial charge in [-0.15, -0.1) is 0 Å². The lowest BCUT2D eigenvalue weighted by Gasteiger charge is -2.25. The number of carboxylic acid groups (broad SMARTS) is 1. The summed E-state index contributed by atoms with van der Waals surface area (Å²) >= 11 is 5.89. The van der Waals surface area contributed by atoms with Gasteiger partial charge in [-0.05, 0) is 85.6 Å². The van der Waals surface area contributed by atoms with Crippen LogP contribution in [0.2, 0.25) is 5.02 Å². The Morgan fingerprint density at radius 2 is 1.64 bits per heavy atom. The highest BCUT2D eigenvalue weighted by Crippen LogP contribution is 2.24. The fourth-order valence-corrected chi connectivity index (χ4v) is 4.39. The van der Waals surface area contributed by atoms with Crippen molar-refractivity contribution in [1.82, 2.24) is 10.2 Å². The van der Waals surface area contributed by atoms with Crippen LogP contribution in [0.25, 0.3) is 0 Å². The molecule has 0 spiro atoms. The Kier molecular flexibility index (Phi) is 8.95. The summed E-state index contributed by atoms with van der Waals surface area (Å²) in [7, 11) is 0. The molecule has 1 unspecified atom stereocenters. The lowest BCUT2D eigenvalue weighted by molar-refractivity contribution is -0.116. The SMILES string of the molecule is O=C(CCNCC1CCCN1Cc1ccc(C(=O)O)cc1)Nc1ccc(Oc2ccc(Cl)cc2)cc1. The normalized spacial score (nSPS) is 15.5. The molecule has 1 aliphatic heterocycles. The smallest absolute Gasteiger partial charge is 0.335 e. The first-order valence-corrected chi connectivity index (χ1v) is 12.4. The van der Waals surface area contributed by atoms with E-state index in [2.05, 4.69) is 15.5 Å². The van der Waals surface area contributed by atoms with Crippen molar-refractivity contribution in [2.45, 2.75) is 31.8 Å². The zero-order valence-corrected chi connectivity index (χ0v) is 20.7. The average Bonchev–Trinajstić information content (AvgIpc) is 3.31. The number of hydrogen-bond acceptors (Lipinski definition) is 5. The maximum Gasteiger partial charge on any atom is 0.335 e. The number of carbonyl (C=O) groups excluding carboxylic acids is 1. The highest BCUT2D eigenvalue weighted by atomic mass is 35.5. The lowest BCUT2D eigenvalue weighted by atomic mass is 10.1. The molecular weight excluding hydrogens is 478 g/mol. The molecule has 1 fully saturated rings. The lowest BCUT2D eigenvalue weighted by Crippen LogP contribution is -2.38. The molecule has 8 heteroatoms. The van der Waals surface area contributed by atoms with Gasteiger partial charge in [0.25, 0.3) is 0 Å². The van der Waals surface area contributed by atoms with Gasteiger partial charge < -0.3 is 20.5 Å². The molecular formula is C28H30ClN3O4. The monoisotopic (exact) mass is 507 g/mol. The molecule has 4 rings (SSSR count). The Morgan fingerprint density at radius 3 is 2.31 bits per heavy atom. The van der Waals surface area contributed by atoms with E-state index in [-0.39, 0.29) is 5.91 Å². The van der Waals surface area contributed by atoms with Gasteiger partial charge in [-0.1, -0.05) is 23.7 Å². The van der Waals surface area contributed by atoms with Crippen molar-refractivity contribution in [2.24, 2.45) is 0 Å². The fraction of sp³-hybridized carbons (Fsp3) is 0.286. The van der Waals surface area contributed by atoms with Gasteiger partial charge in [0.2, 0.25) is 5.91 Å². The number of aromatic carboxylic acids is 1. The summed E-state index contributed by atoms with van der Waals surface area (Å²) in [6.07, 6.45) is 2.63. The summed E-state index contributed by atoms with van der Waals surface area (Å²) in [5, 5.41) is 16.0. The standard InChI is InChI=1S/C28H30ClN3O4/c29-22-7-11-25(12-8-22)36-26-13-9-23(10-14-26)31-27(33)15-16-30-18-24-2-1-17-32(24)19-20-3-5-21(6-4-20)28(34)35/h3-14,24,30H,1-2,15-19H2,(H,31,33)(H,34,35). The predicted molar refractivity (Wildman–Crippen MR) is 141 cm³/mol. The molecule has 188 valence electrons. The molecule has 1 aliphatic rings. The molecule has 3 aromatic carbocycles. The van der Waals surface area contributed by atoms with Gasteiger partial charge >= 0.3 is 5.97 Å². The second-order valence-corrected chi connectivity index (χ2v) is 9.29. The van der Waals surface area contributed by atoms with Gasteiger partial charge in [-0.25, -0.2) is 4.79 Å². The molecule has 0 radical (unpaired) electrons. The molecule has 1 saturated heterocycles. The number of hydrogen-bond donors (Lipinski definition) is 3. The van der Waals surface area contributed by atoms with E-state index < -0.39 is 5.97 Å². The Labute approximate surface area is 216 Å². The fourth-order valence-electron chi connectivity index (χ4n) is 4.26. The van der Waals surface area contributed by atoms with Gasteiger partial charge in [-0.3, -0.25) is 9.69 Å². The highest BCUT2D eigenvalue weighted by Gasteiger charge is 2.24. The molecule has 3 aromatic rings. The molecule has 7 nitrogen and oxygen atoms in total. The molecule has 0 aromatic heterocycles. The number of carbonyl (C=O) groups is 2. The largest absolute Gasteiger partial charge is 0.478 e. The van der Waals surface area contributed by atoms with Crippen molar-refractivity contribution in [2.75, 3.05) is 25.0 Å². The van der Waals surface area contributed by atoms with Crippen molar-refractivity contribution in [3.63, 3.8) is 0 Å². The molecule has 0 saturated carbocycles. The van der Waals surface area contributed by atoms with Crippen LogP contribution in [0.1, 0.15) is 35.2 Å². The summed E-state index contributed by atoms with van der Waals surface area (Å²) < 4.78 is 5.77. The number of ether oxygens (including phenoxy) is 1. The summed E-state index contributed by atoms with van der Waals surface area (Å²) in [5.74, 6) is 0.416. The van der Waals surface area contributed by atoms with Gasteiger partial charge in [0.15, 0.2) is 0 Å². The average molecular weight is 508 g/mol. The van der Waals surface area contributed by atoms with E-state index in [1.165, 1.54) is 0 Å². The van der Waals surface area contributed by atoms with Crippen molar-refractivity contribution < 1.29 is 19.4 Å². The van der Waals surface area contributed by atoms with Crippen LogP contribution in [0.3, 0.4) is 0 Å². The van der Waals surface area contributed by atoms with Gasteiger partial charge in [-0.2, -0.15) is 0 Å². The zero-order chi connectivity index (χ0) is 25.3. The molecule has 0 bridgehead atoms. The topological polar surface area (TPSA) is 90.9 Å². The number of anilines is 1. The third-order valence-electron chi connectivity index (χ3n) is 6.18. The van der Waals surface area contributed by atoms with Crippen molar-refractivity contribution in [3.8, 4) is 11.5 Å². The third kappa shape index (κ3) is 7.55. The Bertz CT molecular complexity index is 1150. The Morgan fingerprint density at radius 1 is 0.972 bits per heavy atom. The molecule has 1 amide bonds. The third-order valence-corrected chi connectivity index (χ3v) is 6.43. The number of likely N-dealkylation sites (tertiary alicyclic amines) is 1. The highest BCUT2D eigenvalue weighted by molar-refractivity contribution is 6.30. The number of rotatable bonds is 11. The van der Waals surface area contributed by atoms with Crippen LogP contribution < -0.4 is 15.4 Å². The van der Waals surface area contributed by atoms with Crippen LogP contribution in [0.15, 0.2) is 72.8 Å². The molecule has 1 heterocycles. The summed E-state index contributed by atoms with van der Waals surface area (Å²) in [4.78, 5) is 25.8. The van der Waals surface area contributed by atoms with E-state index in [9.17, 15) is 9.59 Å². The van der Waals surface area contributed by atoms with Crippen LogP contribution >= 0.6 is 11.6 Å². The zero-order valence-electron chi connectivity index (χ0n) is 20.0. The number of carboxylic acids is 1. The first kappa shape index (κ1) is 25.7. The van der Waals surface area contributed by atoms with Crippen LogP contribution in [0.4, 0.5) is 5.69 Å². The quantitative estimate of drug-likeness (QED) is 0.300. The van der Waals surface area contributed by atoms with Gasteiger partial charge in [0.1, 0.15) is 11.5 Å². The Balaban J connectivity index is 1.16. The van der Waals surface area contributed by atoms with Crippen LogP contribution in [0, 0.1) is 0 Å². The van der Waals surface area contributed by atoms with E-state index in [0.29, 0.717) is 41.1 Å². The van der Waals surface area contributed by atoms with E-state index in [0.717, 1.165) is 43.7 Å². The van der Waals surface area contributed by atoms with E-state index >= 15 is 0 Å². The number of nitrogens with one attached hydrogen (secondary N) is 2. The second-order valence-electron chi connectivity index (χ2n) is 8.85.